The van der Waals surface area contributed by atoms with Crippen LogP contribution in [-0.4, -0.2) is 38.1 Å². The van der Waals surface area contributed by atoms with Crippen LogP contribution in [0.15, 0.2) is 12.1 Å². The van der Waals surface area contributed by atoms with Crippen LogP contribution in [0.2, 0.25) is 0 Å². The lowest BCUT2D eigenvalue weighted by Crippen LogP contribution is -2.34. The summed E-state index contributed by atoms with van der Waals surface area (Å²) in [6.45, 7) is 3.47. The summed E-state index contributed by atoms with van der Waals surface area (Å²) in [4.78, 5) is 3.94. The van der Waals surface area contributed by atoms with E-state index in [0.717, 1.165) is 0 Å². The fourth-order valence-electron chi connectivity index (χ4n) is 2.80. The van der Waals surface area contributed by atoms with Gasteiger partial charge in [0.1, 0.15) is 17.3 Å². The van der Waals surface area contributed by atoms with Crippen molar-refractivity contribution in [1.82, 2.24) is 4.90 Å². The molecule has 2 rings (SSSR count). The Kier molecular flexibility index (Phi) is 4.46. The lowest BCUT2D eigenvalue weighted by atomic mass is 10.1. The number of nitrogens with zero attached hydrogens (tertiary/aromatic N) is 2. The van der Waals surface area contributed by atoms with Crippen molar-refractivity contribution in [2.24, 2.45) is 5.92 Å². The molecule has 106 valence electrons. The monoisotopic (exact) mass is 332 g/mol. The van der Waals surface area contributed by atoms with E-state index in [2.05, 4.69) is 27.8 Å². The third-order valence-electron chi connectivity index (χ3n) is 3.78. The molecule has 2 atom stereocenters. The molecule has 1 aliphatic heterocycles. The summed E-state index contributed by atoms with van der Waals surface area (Å²) in [5, 5.41) is 0.456. The number of anilines is 1. The molecule has 5 heteroatoms. The van der Waals surface area contributed by atoms with E-state index < -0.39 is 11.6 Å². The van der Waals surface area contributed by atoms with Crippen LogP contribution >= 0.6 is 15.9 Å². The van der Waals surface area contributed by atoms with Crippen LogP contribution in [-0.2, 0) is 5.33 Å². The second kappa shape index (κ2) is 5.75. The fourth-order valence-corrected chi connectivity index (χ4v) is 3.13. The maximum Gasteiger partial charge on any atom is 0.149 e. The van der Waals surface area contributed by atoms with Crippen molar-refractivity contribution in [3.05, 3.63) is 29.3 Å². The van der Waals surface area contributed by atoms with Gasteiger partial charge in [-0.05, 0) is 37.7 Å². The van der Waals surface area contributed by atoms with Gasteiger partial charge in [0.15, 0.2) is 0 Å². The zero-order valence-corrected chi connectivity index (χ0v) is 13.0. The number of hydrogen-bond donors (Lipinski definition) is 0. The van der Waals surface area contributed by atoms with Crippen LogP contribution in [0.1, 0.15) is 12.5 Å². The third kappa shape index (κ3) is 2.92. The molecule has 1 heterocycles. The molecule has 0 spiro atoms. The Morgan fingerprint density at radius 1 is 1.26 bits per heavy atom. The van der Waals surface area contributed by atoms with Gasteiger partial charge in [-0.2, -0.15) is 0 Å². The van der Waals surface area contributed by atoms with E-state index in [0.29, 0.717) is 35.9 Å². The first-order chi connectivity index (χ1) is 8.93. The minimum absolute atomic E-state index is 0.112. The highest BCUT2D eigenvalue weighted by Crippen LogP contribution is 2.31. The Balaban J connectivity index is 2.29. The lowest BCUT2D eigenvalue weighted by Gasteiger charge is -2.23. The Hall–Kier alpha value is -0.680. The normalized spacial score (nSPS) is 23.4. The summed E-state index contributed by atoms with van der Waals surface area (Å²) in [5.74, 6) is -0.549. The number of halogens is 3. The molecule has 0 bridgehead atoms. The zero-order chi connectivity index (χ0) is 14.2. The minimum atomic E-state index is -0.471. The van der Waals surface area contributed by atoms with Crippen molar-refractivity contribution >= 4 is 21.6 Å². The second-order valence-corrected chi connectivity index (χ2v) is 6.02. The van der Waals surface area contributed by atoms with Crippen LogP contribution in [0, 0.1) is 17.6 Å². The first-order valence-corrected chi connectivity index (χ1v) is 7.51. The molecule has 0 aromatic heterocycles. The van der Waals surface area contributed by atoms with Gasteiger partial charge in [0, 0.05) is 24.5 Å². The van der Waals surface area contributed by atoms with Gasteiger partial charge in [0.25, 0.3) is 0 Å². The molecular formula is C14H19BrF2N2. The van der Waals surface area contributed by atoms with E-state index in [1.807, 2.05) is 19.0 Å². The third-order valence-corrected chi connectivity index (χ3v) is 4.43. The van der Waals surface area contributed by atoms with Crippen molar-refractivity contribution in [2.75, 3.05) is 32.1 Å². The molecule has 2 nitrogen and oxygen atoms in total. The van der Waals surface area contributed by atoms with E-state index >= 15 is 0 Å². The molecule has 0 saturated carbocycles. The Bertz CT molecular complexity index is 442. The predicted molar refractivity (Wildman–Crippen MR) is 77.8 cm³/mol. The second-order valence-electron chi connectivity index (χ2n) is 5.45. The topological polar surface area (TPSA) is 6.48 Å². The van der Waals surface area contributed by atoms with Crippen LogP contribution in [0.25, 0.3) is 0 Å². The van der Waals surface area contributed by atoms with Crippen LogP contribution in [0.3, 0.4) is 0 Å². The van der Waals surface area contributed by atoms with Gasteiger partial charge >= 0.3 is 0 Å². The predicted octanol–water partition coefficient (Wildman–Crippen LogP) is 3.25. The Morgan fingerprint density at radius 3 is 2.26 bits per heavy atom. The largest absolute Gasteiger partial charge is 0.365 e. The molecule has 0 aliphatic carbocycles. The Labute approximate surface area is 121 Å². The van der Waals surface area contributed by atoms with Crippen molar-refractivity contribution < 1.29 is 8.78 Å². The number of rotatable bonds is 3. The van der Waals surface area contributed by atoms with E-state index in [9.17, 15) is 8.78 Å². The lowest BCUT2D eigenvalue weighted by molar-refractivity contribution is 0.266. The smallest absolute Gasteiger partial charge is 0.149 e. The molecule has 19 heavy (non-hydrogen) atoms. The summed E-state index contributed by atoms with van der Waals surface area (Å²) in [6.07, 6.45) is 0. The summed E-state index contributed by atoms with van der Waals surface area (Å²) in [5.41, 5.74) is 0.732. The Morgan fingerprint density at radius 2 is 1.84 bits per heavy atom. The van der Waals surface area contributed by atoms with Crippen LogP contribution < -0.4 is 4.90 Å². The van der Waals surface area contributed by atoms with Gasteiger partial charge in [-0.15, -0.1) is 0 Å². The van der Waals surface area contributed by atoms with Crippen molar-refractivity contribution in [2.45, 2.75) is 18.3 Å². The molecule has 1 saturated heterocycles. The molecule has 2 unspecified atom stereocenters. The van der Waals surface area contributed by atoms with Gasteiger partial charge in [-0.25, -0.2) is 8.78 Å². The van der Waals surface area contributed by atoms with Gasteiger partial charge in [-0.3, -0.25) is 0 Å². The SMILES string of the molecule is CC1CN(c2c(F)cc(CBr)cc2F)CC1N(C)C. The van der Waals surface area contributed by atoms with Crippen molar-refractivity contribution in [1.29, 1.82) is 0 Å². The van der Waals surface area contributed by atoms with Gasteiger partial charge in [0.05, 0.1) is 0 Å². The van der Waals surface area contributed by atoms with E-state index in [4.69, 9.17) is 0 Å². The maximum absolute atomic E-state index is 14.1. The maximum atomic E-state index is 14.1. The molecule has 0 amide bonds. The van der Waals surface area contributed by atoms with E-state index in [1.54, 1.807) is 0 Å². The van der Waals surface area contributed by atoms with Crippen LogP contribution in [0.4, 0.5) is 14.5 Å². The average Bonchev–Trinajstić information content (AvgIpc) is 2.70. The zero-order valence-electron chi connectivity index (χ0n) is 11.5. The summed E-state index contributed by atoms with van der Waals surface area (Å²) in [6, 6.07) is 3.14. The summed E-state index contributed by atoms with van der Waals surface area (Å²) in [7, 11) is 4.01. The van der Waals surface area contributed by atoms with E-state index in [1.165, 1.54) is 12.1 Å². The average molecular weight is 333 g/mol. The number of alkyl halides is 1. The van der Waals surface area contributed by atoms with E-state index in [-0.39, 0.29) is 5.69 Å². The standard InChI is InChI=1S/C14H19BrF2N2/c1-9-7-19(8-13(9)18(2)3)14-11(16)4-10(6-15)5-12(14)17/h4-5,9,13H,6-8H2,1-3H3. The molecule has 1 fully saturated rings. The highest BCUT2D eigenvalue weighted by Gasteiger charge is 2.33. The molecule has 1 aromatic rings. The molecule has 0 N–H and O–H groups in total. The van der Waals surface area contributed by atoms with Gasteiger partial charge in [-0.1, -0.05) is 22.9 Å². The first-order valence-electron chi connectivity index (χ1n) is 6.39. The molecule has 1 aliphatic rings. The van der Waals surface area contributed by atoms with Crippen molar-refractivity contribution in [3.63, 3.8) is 0 Å². The summed E-state index contributed by atoms with van der Waals surface area (Å²) >= 11 is 3.22. The van der Waals surface area contributed by atoms with Gasteiger partial charge in [0.2, 0.25) is 0 Å². The number of hydrogen-bond acceptors (Lipinski definition) is 2. The van der Waals surface area contributed by atoms with Gasteiger partial charge < -0.3 is 9.80 Å². The van der Waals surface area contributed by atoms with Crippen LogP contribution in [0.5, 0.6) is 0 Å². The fraction of sp³-hybridized carbons (Fsp3) is 0.571. The quantitative estimate of drug-likeness (QED) is 0.784. The molecule has 1 aromatic carbocycles. The highest BCUT2D eigenvalue weighted by atomic mass is 79.9. The highest BCUT2D eigenvalue weighted by molar-refractivity contribution is 9.08. The summed E-state index contributed by atoms with van der Waals surface area (Å²) < 4.78 is 28.2. The molecular weight excluding hydrogens is 314 g/mol. The number of benzene rings is 1. The first kappa shape index (κ1) is 14.7. The van der Waals surface area contributed by atoms with Crippen molar-refractivity contribution in [3.8, 4) is 0 Å². The molecule has 0 radical (unpaired) electrons. The number of likely N-dealkylation sites (N-methyl/N-ethyl adjacent to an activating group) is 1. The minimum Gasteiger partial charge on any atom is -0.365 e.